The topological polar surface area (TPSA) is 63.4 Å². The highest BCUT2D eigenvalue weighted by atomic mass is 79.9. The minimum atomic E-state index is -3.34. The molecule has 1 fully saturated rings. The summed E-state index contributed by atoms with van der Waals surface area (Å²) in [4.78, 5) is 0.368. The van der Waals surface area contributed by atoms with Crippen molar-refractivity contribution in [3.8, 4) is 0 Å². The van der Waals surface area contributed by atoms with Crippen LogP contribution in [0.3, 0.4) is 0 Å². The number of hydrogen-bond donors (Lipinski definition) is 1. The predicted octanol–water partition coefficient (Wildman–Crippen LogP) is 2.20. The molecule has 106 valence electrons. The molecule has 0 bridgehead atoms. The van der Waals surface area contributed by atoms with Gasteiger partial charge < -0.3 is 5.73 Å². The Balaban J connectivity index is 2.07. The van der Waals surface area contributed by atoms with Crippen LogP contribution in [0.25, 0.3) is 0 Å². The summed E-state index contributed by atoms with van der Waals surface area (Å²) in [6, 6.07) is 6.80. The molecule has 2 rings (SSSR count). The Morgan fingerprint density at radius 1 is 1.21 bits per heavy atom. The molecule has 19 heavy (non-hydrogen) atoms. The fourth-order valence-corrected chi connectivity index (χ4v) is 4.16. The van der Waals surface area contributed by atoms with Crippen LogP contribution in [0, 0.1) is 5.92 Å². The van der Waals surface area contributed by atoms with Crippen molar-refractivity contribution in [2.24, 2.45) is 11.7 Å². The molecule has 0 amide bonds. The number of nitrogens with two attached hydrogens (primary N) is 1. The first-order chi connectivity index (χ1) is 9.04. The van der Waals surface area contributed by atoms with E-state index in [4.69, 9.17) is 5.73 Å². The van der Waals surface area contributed by atoms with Gasteiger partial charge in [-0.25, -0.2) is 8.42 Å². The highest BCUT2D eigenvalue weighted by Crippen LogP contribution is 2.25. The third kappa shape index (κ3) is 3.56. The molecular weight excluding hydrogens is 328 g/mol. The van der Waals surface area contributed by atoms with Crippen LogP contribution < -0.4 is 5.73 Å². The van der Waals surface area contributed by atoms with Gasteiger partial charge in [-0.15, -0.1) is 0 Å². The van der Waals surface area contributed by atoms with Gasteiger partial charge in [0.1, 0.15) is 0 Å². The van der Waals surface area contributed by atoms with Gasteiger partial charge in [-0.2, -0.15) is 4.31 Å². The largest absolute Gasteiger partial charge is 0.330 e. The van der Waals surface area contributed by atoms with E-state index in [0.717, 1.165) is 23.7 Å². The zero-order valence-corrected chi connectivity index (χ0v) is 13.2. The first-order valence-corrected chi connectivity index (χ1v) is 8.73. The molecule has 0 spiro atoms. The van der Waals surface area contributed by atoms with Crippen LogP contribution in [-0.2, 0) is 10.0 Å². The first kappa shape index (κ1) is 15.0. The normalized spacial score (nSPS) is 18.6. The minimum absolute atomic E-state index is 0.368. The number of sulfonamides is 1. The average molecular weight is 347 g/mol. The maximum atomic E-state index is 12.4. The van der Waals surface area contributed by atoms with E-state index in [1.54, 1.807) is 28.6 Å². The quantitative estimate of drug-likeness (QED) is 0.908. The Morgan fingerprint density at radius 2 is 1.79 bits per heavy atom. The lowest BCUT2D eigenvalue weighted by molar-refractivity contribution is 0.266. The van der Waals surface area contributed by atoms with Crippen molar-refractivity contribution >= 4 is 26.0 Å². The fraction of sp³-hybridized carbons (Fsp3) is 0.538. The zero-order valence-electron chi connectivity index (χ0n) is 10.8. The fourth-order valence-electron chi connectivity index (χ4n) is 2.43. The molecule has 4 nitrogen and oxygen atoms in total. The van der Waals surface area contributed by atoms with Crippen molar-refractivity contribution in [1.29, 1.82) is 0 Å². The SMILES string of the molecule is NCCC1CCN(S(=O)(=O)c2ccc(Br)cc2)CC1. The molecule has 0 aliphatic carbocycles. The summed E-state index contributed by atoms with van der Waals surface area (Å²) in [7, 11) is -3.34. The third-order valence-corrected chi connectivity index (χ3v) is 6.04. The summed E-state index contributed by atoms with van der Waals surface area (Å²) in [5, 5.41) is 0. The Kier molecular flexibility index (Phi) is 5.00. The molecule has 1 heterocycles. The highest BCUT2D eigenvalue weighted by molar-refractivity contribution is 9.10. The first-order valence-electron chi connectivity index (χ1n) is 6.50. The molecule has 2 N–H and O–H groups in total. The zero-order chi connectivity index (χ0) is 13.9. The molecule has 0 unspecified atom stereocenters. The van der Waals surface area contributed by atoms with Gasteiger partial charge in [-0.1, -0.05) is 15.9 Å². The van der Waals surface area contributed by atoms with E-state index in [0.29, 0.717) is 30.4 Å². The molecule has 1 saturated heterocycles. The number of halogens is 1. The van der Waals surface area contributed by atoms with Gasteiger partial charge in [0.25, 0.3) is 0 Å². The maximum Gasteiger partial charge on any atom is 0.243 e. The van der Waals surface area contributed by atoms with Crippen LogP contribution in [0.4, 0.5) is 0 Å². The standard InChI is InChI=1S/C13H19BrN2O2S/c14-12-1-3-13(4-2-12)19(17,18)16-9-6-11(5-8-15)7-10-16/h1-4,11H,5-10,15H2. The van der Waals surface area contributed by atoms with Crippen molar-refractivity contribution in [2.45, 2.75) is 24.2 Å². The number of benzene rings is 1. The monoisotopic (exact) mass is 346 g/mol. The second-order valence-corrected chi connectivity index (χ2v) is 7.73. The van der Waals surface area contributed by atoms with Gasteiger partial charge in [0.15, 0.2) is 0 Å². The van der Waals surface area contributed by atoms with Crippen LogP contribution in [0.2, 0.25) is 0 Å². The summed E-state index contributed by atoms with van der Waals surface area (Å²) < 4.78 is 27.4. The van der Waals surface area contributed by atoms with Crippen LogP contribution in [0.15, 0.2) is 33.6 Å². The van der Waals surface area contributed by atoms with Crippen LogP contribution in [0.5, 0.6) is 0 Å². The van der Waals surface area contributed by atoms with Gasteiger partial charge in [0.2, 0.25) is 10.0 Å². The van der Waals surface area contributed by atoms with Gasteiger partial charge >= 0.3 is 0 Å². The van der Waals surface area contributed by atoms with E-state index in [1.165, 1.54) is 0 Å². The summed E-state index contributed by atoms with van der Waals surface area (Å²) in [6.45, 7) is 1.89. The van der Waals surface area contributed by atoms with E-state index in [1.807, 2.05) is 0 Å². The summed E-state index contributed by atoms with van der Waals surface area (Å²) >= 11 is 3.31. The van der Waals surface area contributed by atoms with Gasteiger partial charge in [-0.3, -0.25) is 0 Å². The van der Waals surface area contributed by atoms with Crippen molar-refractivity contribution < 1.29 is 8.42 Å². The lowest BCUT2D eigenvalue weighted by atomic mass is 9.95. The van der Waals surface area contributed by atoms with E-state index in [9.17, 15) is 8.42 Å². The number of hydrogen-bond acceptors (Lipinski definition) is 3. The molecular formula is C13H19BrN2O2S. The number of rotatable bonds is 4. The van der Waals surface area contributed by atoms with Crippen molar-refractivity contribution in [2.75, 3.05) is 19.6 Å². The van der Waals surface area contributed by atoms with E-state index in [-0.39, 0.29) is 0 Å². The molecule has 6 heteroatoms. The van der Waals surface area contributed by atoms with E-state index < -0.39 is 10.0 Å². The second-order valence-electron chi connectivity index (χ2n) is 4.88. The molecule has 1 aromatic carbocycles. The van der Waals surface area contributed by atoms with E-state index >= 15 is 0 Å². The number of piperidine rings is 1. The molecule has 0 radical (unpaired) electrons. The molecule has 1 aliphatic rings. The lowest BCUT2D eigenvalue weighted by Gasteiger charge is -2.31. The Bertz CT molecular complexity index is 508. The highest BCUT2D eigenvalue weighted by Gasteiger charge is 2.28. The lowest BCUT2D eigenvalue weighted by Crippen LogP contribution is -2.38. The second kappa shape index (κ2) is 6.35. The molecule has 0 aromatic heterocycles. The molecule has 1 aliphatic heterocycles. The molecule has 0 saturated carbocycles. The van der Waals surface area contributed by atoms with Gasteiger partial charge in [0, 0.05) is 17.6 Å². The van der Waals surface area contributed by atoms with E-state index in [2.05, 4.69) is 15.9 Å². The van der Waals surface area contributed by atoms with Crippen molar-refractivity contribution in [3.63, 3.8) is 0 Å². The Morgan fingerprint density at radius 3 is 2.32 bits per heavy atom. The van der Waals surface area contributed by atoms with Gasteiger partial charge in [-0.05, 0) is 56.0 Å². The predicted molar refractivity (Wildman–Crippen MR) is 79.3 cm³/mol. The van der Waals surface area contributed by atoms with Crippen LogP contribution in [0.1, 0.15) is 19.3 Å². The maximum absolute atomic E-state index is 12.4. The number of nitrogens with zero attached hydrogens (tertiary/aromatic N) is 1. The Hall–Kier alpha value is -0.430. The smallest absolute Gasteiger partial charge is 0.243 e. The molecule has 0 atom stereocenters. The minimum Gasteiger partial charge on any atom is -0.330 e. The summed E-state index contributed by atoms with van der Waals surface area (Å²) in [5.74, 6) is 0.571. The summed E-state index contributed by atoms with van der Waals surface area (Å²) in [5.41, 5.74) is 5.55. The van der Waals surface area contributed by atoms with Crippen LogP contribution >= 0.6 is 15.9 Å². The van der Waals surface area contributed by atoms with Crippen LogP contribution in [-0.4, -0.2) is 32.4 Å². The Labute approximate surface area is 123 Å². The average Bonchev–Trinajstić information content (AvgIpc) is 2.40. The van der Waals surface area contributed by atoms with Crippen molar-refractivity contribution in [3.05, 3.63) is 28.7 Å². The third-order valence-electron chi connectivity index (χ3n) is 3.60. The summed E-state index contributed by atoms with van der Waals surface area (Å²) in [6.07, 6.45) is 2.81. The molecule has 1 aromatic rings. The van der Waals surface area contributed by atoms with Gasteiger partial charge in [0.05, 0.1) is 4.90 Å². The van der Waals surface area contributed by atoms with Crippen molar-refractivity contribution in [1.82, 2.24) is 4.31 Å².